The molecule has 0 aromatic rings. The molecule has 0 aromatic carbocycles. The van der Waals surface area contributed by atoms with Gasteiger partial charge in [-0.25, -0.2) is 9.59 Å². The van der Waals surface area contributed by atoms with E-state index in [2.05, 4.69) is 0 Å². The summed E-state index contributed by atoms with van der Waals surface area (Å²) in [4.78, 5) is 25.1. The Kier molecular flexibility index (Phi) is 3.52. The van der Waals surface area contributed by atoms with E-state index in [1.807, 2.05) is 0 Å². The van der Waals surface area contributed by atoms with Gasteiger partial charge < -0.3 is 14.4 Å². The van der Waals surface area contributed by atoms with E-state index < -0.39 is 17.7 Å². The fraction of sp³-hybridized carbons (Fsp3) is 0.600. The molecule has 0 aromatic heterocycles. The first-order valence-corrected chi connectivity index (χ1v) is 5.93. The molecule has 0 saturated carbocycles. The van der Waals surface area contributed by atoms with Gasteiger partial charge in [0.2, 0.25) is 0 Å². The Bertz CT molecular complexity index is 338. The normalized spacial score (nSPS) is 18.9. The molecule has 0 bridgehead atoms. The van der Waals surface area contributed by atoms with Gasteiger partial charge in [0.05, 0.1) is 5.03 Å². The smallest absolute Gasteiger partial charge is 0.351 e. The highest BCUT2D eigenvalue weighted by atomic mass is 32.2. The minimum absolute atomic E-state index is 0.0446. The van der Waals surface area contributed by atoms with E-state index in [0.29, 0.717) is 5.03 Å². The van der Waals surface area contributed by atoms with Crippen molar-refractivity contribution in [3.63, 3.8) is 0 Å². The van der Waals surface area contributed by atoms with Gasteiger partial charge in [-0.1, -0.05) is 0 Å². The number of hydrogen-bond acceptors (Lipinski definition) is 6. The summed E-state index contributed by atoms with van der Waals surface area (Å²) in [6, 6.07) is 0. The molecule has 1 fully saturated rings. The molecule has 5 nitrogen and oxygen atoms in total. The van der Waals surface area contributed by atoms with Crippen molar-refractivity contribution in [1.82, 2.24) is 4.90 Å². The van der Waals surface area contributed by atoms with Crippen LogP contribution in [0.1, 0.15) is 13.8 Å². The second-order valence-corrected chi connectivity index (χ2v) is 4.75. The molecular weight excluding hydrogens is 230 g/mol. The molecule has 0 amide bonds. The van der Waals surface area contributed by atoms with Crippen LogP contribution in [-0.4, -0.2) is 43.0 Å². The number of thioether (sulfide) groups is 1. The van der Waals surface area contributed by atoms with E-state index >= 15 is 0 Å². The summed E-state index contributed by atoms with van der Waals surface area (Å²) in [6.45, 7) is 3.04. The zero-order valence-corrected chi connectivity index (χ0v) is 10.8. The second-order valence-electron chi connectivity index (χ2n) is 3.96. The Hall–Kier alpha value is -1.17. The zero-order chi connectivity index (χ0) is 12.5. The predicted molar refractivity (Wildman–Crippen MR) is 60.5 cm³/mol. The minimum Gasteiger partial charge on any atom is -0.419 e. The largest absolute Gasteiger partial charge is 0.419 e. The number of cyclic esters (lactones) is 2. The molecule has 0 unspecified atom stereocenters. The van der Waals surface area contributed by atoms with Crippen molar-refractivity contribution >= 4 is 23.7 Å². The topological polar surface area (TPSA) is 55.8 Å². The third-order valence-electron chi connectivity index (χ3n) is 1.90. The molecule has 0 aliphatic carbocycles. The molecule has 1 heterocycles. The standard InChI is InChI=1S/C10H15NO4S/c1-10(2)14-8(12)6(9(13)15-10)7(16-5)11(3)4/h1-5H3. The Labute approximate surface area is 98.8 Å². The predicted octanol–water partition coefficient (Wildman–Crippen LogP) is 0.959. The zero-order valence-electron chi connectivity index (χ0n) is 9.99. The van der Waals surface area contributed by atoms with Crippen molar-refractivity contribution in [1.29, 1.82) is 0 Å². The SMILES string of the molecule is CSC(=C1C(=O)OC(C)(C)OC1=O)N(C)C. The lowest BCUT2D eigenvalue weighted by Crippen LogP contribution is -2.43. The monoisotopic (exact) mass is 245 g/mol. The lowest BCUT2D eigenvalue weighted by atomic mass is 10.2. The quantitative estimate of drug-likeness (QED) is 0.410. The van der Waals surface area contributed by atoms with E-state index in [1.165, 1.54) is 25.6 Å². The van der Waals surface area contributed by atoms with E-state index in [4.69, 9.17) is 9.47 Å². The molecule has 90 valence electrons. The van der Waals surface area contributed by atoms with Gasteiger partial charge in [0.1, 0.15) is 0 Å². The van der Waals surface area contributed by atoms with Crippen LogP contribution in [0.3, 0.4) is 0 Å². The van der Waals surface area contributed by atoms with Crippen LogP contribution in [-0.2, 0) is 19.1 Å². The van der Waals surface area contributed by atoms with Crippen molar-refractivity contribution in [2.75, 3.05) is 20.4 Å². The van der Waals surface area contributed by atoms with Gasteiger partial charge in [0, 0.05) is 27.9 Å². The van der Waals surface area contributed by atoms with E-state index in [9.17, 15) is 9.59 Å². The molecular formula is C10H15NO4S. The van der Waals surface area contributed by atoms with Gasteiger partial charge >= 0.3 is 11.9 Å². The number of ether oxygens (including phenoxy) is 2. The maximum absolute atomic E-state index is 11.7. The van der Waals surface area contributed by atoms with Crippen LogP contribution in [0.4, 0.5) is 0 Å². The van der Waals surface area contributed by atoms with Crippen molar-refractivity contribution in [3.8, 4) is 0 Å². The number of carbonyl (C=O) groups is 2. The van der Waals surface area contributed by atoms with Gasteiger partial charge in [-0.15, -0.1) is 11.8 Å². The third kappa shape index (κ3) is 2.49. The molecule has 0 N–H and O–H groups in total. The average molecular weight is 245 g/mol. The van der Waals surface area contributed by atoms with Gasteiger partial charge in [0.25, 0.3) is 5.79 Å². The fourth-order valence-electron chi connectivity index (χ4n) is 1.34. The maximum atomic E-state index is 11.7. The van der Waals surface area contributed by atoms with Crippen molar-refractivity contribution in [3.05, 3.63) is 10.6 Å². The summed E-state index contributed by atoms with van der Waals surface area (Å²) in [5.41, 5.74) is -0.0446. The van der Waals surface area contributed by atoms with Gasteiger partial charge in [-0.2, -0.15) is 0 Å². The van der Waals surface area contributed by atoms with Crippen LogP contribution in [0.15, 0.2) is 10.6 Å². The van der Waals surface area contributed by atoms with Crippen LogP contribution in [0.2, 0.25) is 0 Å². The molecule has 1 aliphatic rings. The van der Waals surface area contributed by atoms with Gasteiger partial charge in [-0.05, 0) is 6.26 Å². The van der Waals surface area contributed by atoms with Crippen LogP contribution < -0.4 is 0 Å². The summed E-state index contributed by atoms with van der Waals surface area (Å²) in [5, 5.41) is 0.533. The molecule has 0 spiro atoms. The first kappa shape index (κ1) is 12.9. The van der Waals surface area contributed by atoms with E-state index in [1.54, 1.807) is 25.3 Å². The van der Waals surface area contributed by atoms with Crippen molar-refractivity contribution < 1.29 is 19.1 Å². The Morgan fingerprint density at radius 1 is 1.19 bits per heavy atom. The van der Waals surface area contributed by atoms with Gasteiger partial charge in [0.15, 0.2) is 5.57 Å². The molecule has 1 saturated heterocycles. The third-order valence-corrected chi connectivity index (χ3v) is 2.85. The number of nitrogens with zero attached hydrogens (tertiary/aromatic N) is 1. The average Bonchev–Trinajstić information content (AvgIpc) is 2.08. The minimum atomic E-state index is -1.19. The van der Waals surface area contributed by atoms with Crippen LogP contribution >= 0.6 is 11.8 Å². The van der Waals surface area contributed by atoms with Crippen LogP contribution in [0, 0.1) is 0 Å². The van der Waals surface area contributed by atoms with Crippen molar-refractivity contribution in [2.24, 2.45) is 0 Å². The molecule has 1 aliphatic heterocycles. The van der Waals surface area contributed by atoms with Crippen LogP contribution in [0.25, 0.3) is 0 Å². The number of esters is 2. The Morgan fingerprint density at radius 3 is 1.94 bits per heavy atom. The highest BCUT2D eigenvalue weighted by Gasteiger charge is 2.41. The van der Waals surface area contributed by atoms with Crippen molar-refractivity contribution in [2.45, 2.75) is 19.6 Å². The van der Waals surface area contributed by atoms with E-state index in [0.717, 1.165) is 0 Å². The molecule has 0 radical (unpaired) electrons. The summed E-state index contributed by atoms with van der Waals surface area (Å²) in [5.74, 6) is -2.47. The number of rotatable bonds is 2. The summed E-state index contributed by atoms with van der Waals surface area (Å²) < 4.78 is 10.0. The first-order valence-electron chi connectivity index (χ1n) is 4.71. The lowest BCUT2D eigenvalue weighted by Gasteiger charge is -2.31. The number of hydrogen-bond donors (Lipinski definition) is 0. The number of carbonyl (C=O) groups excluding carboxylic acids is 2. The molecule has 1 rings (SSSR count). The summed E-state index contributed by atoms with van der Waals surface area (Å²) in [7, 11) is 3.50. The summed E-state index contributed by atoms with van der Waals surface area (Å²) >= 11 is 1.30. The van der Waals surface area contributed by atoms with Gasteiger partial charge in [-0.3, -0.25) is 0 Å². The molecule has 6 heteroatoms. The first-order chi connectivity index (χ1) is 7.28. The Balaban J connectivity index is 3.16. The molecule has 16 heavy (non-hydrogen) atoms. The van der Waals surface area contributed by atoms with E-state index in [-0.39, 0.29) is 5.57 Å². The Morgan fingerprint density at radius 2 is 1.62 bits per heavy atom. The van der Waals surface area contributed by atoms with Crippen LogP contribution in [0.5, 0.6) is 0 Å². The summed E-state index contributed by atoms with van der Waals surface area (Å²) in [6.07, 6.45) is 1.78. The lowest BCUT2D eigenvalue weighted by molar-refractivity contribution is -0.222. The molecule has 0 atom stereocenters. The fourth-order valence-corrected chi connectivity index (χ4v) is 2.07. The maximum Gasteiger partial charge on any atom is 0.351 e. The highest BCUT2D eigenvalue weighted by molar-refractivity contribution is 8.02. The highest BCUT2D eigenvalue weighted by Crippen LogP contribution is 2.28. The second kappa shape index (κ2) is 4.37.